The summed E-state index contributed by atoms with van der Waals surface area (Å²) in [6, 6.07) is 0.264. The molecule has 0 saturated carbocycles. The van der Waals surface area contributed by atoms with Crippen molar-refractivity contribution in [2.45, 2.75) is 38.8 Å². The van der Waals surface area contributed by atoms with Crippen molar-refractivity contribution in [1.29, 1.82) is 0 Å². The van der Waals surface area contributed by atoms with Gasteiger partial charge >= 0.3 is 0 Å². The first-order valence-corrected chi connectivity index (χ1v) is 7.48. The lowest BCUT2D eigenvalue weighted by molar-refractivity contribution is -0.121. The van der Waals surface area contributed by atoms with Crippen LogP contribution >= 0.6 is 11.3 Å². The molecule has 6 heteroatoms. The molecular formula is C13H21N3O2S. The number of anilines is 1. The van der Waals surface area contributed by atoms with E-state index in [1.165, 1.54) is 11.3 Å². The Balaban J connectivity index is 1.90. The molecule has 1 saturated heterocycles. The molecule has 0 aliphatic carbocycles. The molecule has 1 aliphatic heterocycles. The van der Waals surface area contributed by atoms with Crippen LogP contribution in [0.4, 0.5) is 5.13 Å². The van der Waals surface area contributed by atoms with E-state index in [1.54, 1.807) is 0 Å². The van der Waals surface area contributed by atoms with E-state index >= 15 is 0 Å². The number of amides is 1. The predicted octanol–water partition coefficient (Wildman–Crippen LogP) is 1.89. The third kappa shape index (κ3) is 3.75. The van der Waals surface area contributed by atoms with Gasteiger partial charge in [-0.25, -0.2) is 4.98 Å². The molecule has 106 valence electrons. The number of aromatic nitrogens is 1. The fourth-order valence-corrected chi connectivity index (χ4v) is 2.91. The normalized spacial score (nSPS) is 18.5. The molecule has 1 fully saturated rings. The number of ether oxygens (including phenoxy) is 1. The number of aryl methyl sites for hydroxylation is 1. The summed E-state index contributed by atoms with van der Waals surface area (Å²) in [5.74, 6) is 0.00309. The van der Waals surface area contributed by atoms with Gasteiger partial charge in [-0.3, -0.25) is 9.69 Å². The minimum absolute atomic E-state index is 0.00309. The minimum atomic E-state index is -0.160. The number of rotatable bonds is 4. The second-order valence-electron chi connectivity index (χ2n) is 4.97. The van der Waals surface area contributed by atoms with Crippen molar-refractivity contribution in [2.75, 3.05) is 25.6 Å². The molecule has 0 bridgehead atoms. The van der Waals surface area contributed by atoms with E-state index in [1.807, 2.05) is 26.3 Å². The minimum Gasteiger partial charge on any atom is -0.381 e. The lowest BCUT2D eigenvalue weighted by Crippen LogP contribution is -2.47. The molecule has 1 amide bonds. The zero-order chi connectivity index (χ0) is 13.8. The number of nitrogens with one attached hydrogen (secondary N) is 1. The molecule has 0 spiro atoms. The summed E-state index contributed by atoms with van der Waals surface area (Å²) in [5.41, 5.74) is 0.936. The first-order chi connectivity index (χ1) is 9.08. The molecule has 5 nitrogen and oxygen atoms in total. The fraction of sp³-hybridized carbons (Fsp3) is 0.692. The van der Waals surface area contributed by atoms with Gasteiger partial charge in [-0.15, -0.1) is 11.3 Å². The smallest absolute Gasteiger partial charge is 0.243 e. The van der Waals surface area contributed by atoms with Crippen LogP contribution in [0.15, 0.2) is 5.38 Å². The van der Waals surface area contributed by atoms with E-state index in [9.17, 15) is 4.79 Å². The van der Waals surface area contributed by atoms with Crippen molar-refractivity contribution in [3.8, 4) is 0 Å². The molecule has 1 N–H and O–H groups in total. The van der Waals surface area contributed by atoms with Crippen LogP contribution < -0.4 is 5.32 Å². The monoisotopic (exact) mass is 283 g/mol. The largest absolute Gasteiger partial charge is 0.381 e. The number of carbonyl (C=O) groups excluding carboxylic acids is 1. The standard InChI is InChI=1S/C13H21N3O2S/c1-9-8-19-13(14-9)15-12(17)10(2)16(3)11-4-6-18-7-5-11/h8,10-11H,4-7H2,1-3H3,(H,14,15,17)/t10-/m0/s1. The van der Waals surface area contributed by atoms with Crippen molar-refractivity contribution in [3.05, 3.63) is 11.1 Å². The summed E-state index contributed by atoms with van der Waals surface area (Å²) >= 11 is 1.46. The Morgan fingerprint density at radius 3 is 2.84 bits per heavy atom. The fourth-order valence-electron chi connectivity index (χ4n) is 2.21. The van der Waals surface area contributed by atoms with Crippen LogP contribution in [0.5, 0.6) is 0 Å². The summed E-state index contributed by atoms with van der Waals surface area (Å²) in [5, 5.41) is 5.49. The summed E-state index contributed by atoms with van der Waals surface area (Å²) in [6.07, 6.45) is 1.98. The lowest BCUT2D eigenvalue weighted by Gasteiger charge is -2.34. The van der Waals surface area contributed by atoms with Crippen LogP contribution in [-0.2, 0) is 9.53 Å². The van der Waals surface area contributed by atoms with Crippen LogP contribution in [0.2, 0.25) is 0 Å². The van der Waals surface area contributed by atoms with Crippen molar-refractivity contribution in [3.63, 3.8) is 0 Å². The third-order valence-corrected chi connectivity index (χ3v) is 4.48. The number of hydrogen-bond donors (Lipinski definition) is 1. The molecule has 1 aliphatic rings. The van der Waals surface area contributed by atoms with Crippen molar-refractivity contribution in [1.82, 2.24) is 9.88 Å². The van der Waals surface area contributed by atoms with E-state index in [4.69, 9.17) is 4.74 Å². The highest BCUT2D eigenvalue weighted by molar-refractivity contribution is 7.13. The summed E-state index contributed by atoms with van der Waals surface area (Å²) < 4.78 is 5.35. The molecule has 1 aromatic heterocycles. The Hall–Kier alpha value is -0.980. The molecule has 2 rings (SSSR count). The second kappa shape index (κ2) is 6.45. The van der Waals surface area contributed by atoms with E-state index in [2.05, 4.69) is 15.2 Å². The first-order valence-electron chi connectivity index (χ1n) is 6.60. The highest BCUT2D eigenvalue weighted by Crippen LogP contribution is 2.18. The molecule has 1 aromatic rings. The van der Waals surface area contributed by atoms with Crippen molar-refractivity contribution >= 4 is 22.4 Å². The van der Waals surface area contributed by atoms with E-state index in [0.29, 0.717) is 11.2 Å². The molecule has 19 heavy (non-hydrogen) atoms. The third-order valence-electron chi connectivity index (χ3n) is 3.61. The Kier molecular flexibility index (Phi) is 4.90. The predicted molar refractivity (Wildman–Crippen MR) is 76.5 cm³/mol. The summed E-state index contributed by atoms with van der Waals surface area (Å²) in [7, 11) is 2.01. The molecule has 0 radical (unpaired) electrons. The SMILES string of the molecule is Cc1csc(NC(=O)[C@H](C)N(C)C2CCOCC2)n1. The molecule has 0 unspecified atom stereocenters. The molecule has 1 atom stereocenters. The highest BCUT2D eigenvalue weighted by Gasteiger charge is 2.26. The summed E-state index contributed by atoms with van der Waals surface area (Å²) in [6.45, 7) is 5.43. The van der Waals surface area contributed by atoms with E-state index in [0.717, 1.165) is 31.7 Å². The van der Waals surface area contributed by atoms with Crippen molar-refractivity contribution < 1.29 is 9.53 Å². The van der Waals surface area contributed by atoms with Crippen LogP contribution in [0.25, 0.3) is 0 Å². The van der Waals surface area contributed by atoms with Crippen molar-refractivity contribution in [2.24, 2.45) is 0 Å². The number of nitrogens with zero attached hydrogens (tertiary/aromatic N) is 2. The Labute approximate surface area is 118 Å². The van der Waals surface area contributed by atoms with Gasteiger partial charge in [0.25, 0.3) is 0 Å². The average Bonchev–Trinajstić information content (AvgIpc) is 2.83. The van der Waals surface area contributed by atoms with Gasteiger partial charge in [0, 0.05) is 24.6 Å². The van der Waals surface area contributed by atoms with Crippen LogP contribution in [-0.4, -0.2) is 48.1 Å². The van der Waals surface area contributed by atoms with Gasteiger partial charge in [-0.2, -0.15) is 0 Å². The number of likely N-dealkylation sites (N-methyl/N-ethyl adjacent to an activating group) is 1. The highest BCUT2D eigenvalue weighted by atomic mass is 32.1. The van der Waals surface area contributed by atoms with E-state index < -0.39 is 0 Å². The Morgan fingerprint density at radius 2 is 2.26 bits per heavy atom. The first kappa shape index (κ1) is 14.4. The Morgan fingerprint density at radius 1 is 1.58 bits per heavy atom. The average molecular weight is 283 g/mol. The van der Waals surface area contributed by atoms with Gasteiger partial charge in [0.15, 0.2) is 5.13 Å². The lowest BCUT2D eigenvalue weighted by atomic mass is 10.1. The topological polar surface area (TPSA) is 54.5 Å². The number of carbonyl (C=O) groups is 1. The Bertz CT molecular complexity index is 429. The summed E-state index contributed by atoms with van der Waals surface area (Å²) in [4.78, 5) is 18.6. The van der Waals surface area contributed by atoms with Crippen LogP contribution in [0.3, 0.4) is 0 Å². The zero-order valence-electron chi connectivity index (χ0n) is 11.7. The maximum Gasteiger partial charge on any atom is 0.243 e. The van der Waals surface area contributed by atoms with E-state index in [-0.39, 0.29) is 11.9 Å². The maximum atomic E-state index is 12.2. The number of thiazole rings is 1. The van der Waals surface area contributed by atoms with Gasteiger partial charge in [0.2, 0.25) is 5.91 Å². The van der Waals surface area contributed by atoms with Crippen LogP contribution in [0, 0.1) is 6.92 Å². The van der Waals surface area contributed by atoms with Gasteiger partial charge in [0.05, 0.1) is 11.7 Å². The zero-order valence-corrected chi connectivity index (χ0v) is 12.5. The van der Waals surface area contributed by atoms with Gasteiger partial charge < -0.3 is 10.1 Å². The molecular weight excluding hydrogens is 262 g/mol. The molecule has 2 heterocycles. The van der Waals surface area contributed by atoms with Gasteiger partial charge in [0.1, 0.15) is 0 Å². The molecule has 0 aromatic carbocycles. The van der Waals surface area contributed by atoms with Crippen LogP contribution in [0.1, 0.15) is 25.5 Å². The van der Waals surface area contributed by atoms with Gasteiger partial charge in [-0.05, 0) is 33.7 Å². The van der Waals surface area contributed by atoms with Gasteiger partial charge in [-0.1, -0.05) is 0 Å². The number of hydrogen-bond acceptors (Lipinski definition) is 5. The second-order valence-corrected chi connectivity index (χ2v) is 5.83. The quantitative estimate of drug-likeness (QED) is 0.917. The maximum absolute atomic E-state index is 12.2.